The fraction of sp³-hybridized carbons (Fsp3) is 0.389. The number of hydrogen-bond acceptors (Lipinski definition) is 4. The number of benzene rings is 1. The van der Waals surface area contributed by atoms with Crippen molar-refractivity contribution in [2.45, 2.75) is 25.8 Å². The van der Waals surface area contributed by atoms with Crippen LogP contribution in [0.15, 0.2) is 45.7 Å². The second kappa shape index (κ2) is 6.58. The molecule has 2 aromatic heterocycles. The highest BCUT2D eigenvalue weighted by Gasteiger charge is 2.25. The Kier molecular flexibility index (Phi) is 4.13. The van der Waals surface area contributed by atoms with Gasteiger partial charge in [-0.3, -0.25) is 14.5 Å². The smallest absolute Gasteiger partial charge is 0.408 e. The highest BCUT2D eigenvalue weighted by molar-refractivity contribution is 5.79. The third-order valence-corrected chi connectivity index (χ3v) is 4.81. The van der Waals surface area contributed by atoms with Crippen molar-refractivity contribution in [2.75, 3.05) is 13.1 Å². The number of oxazole rings is 1. The lowest BCUT2D eigenvalue weighted by Gasteiger charge is -2.32. The van der Waals surface area contributed by atoms with Gasteiger partial charge in [0.15, 0.2) is 5.58 Å². The van der Waals surface area contributed by atoms with Gasteiger partial charge in [-0.1, -0.05) is 12.1 Å². The van der Waals surface area contributed by atoms with Crippen molar-refractivity contribution < 1.29 is 9.21 Å². The molecule has 25 heavy (non-hydrogen) atoms. The van der Waals surface area contributed by atoms with E-state index in [2.05, 4.69) is 10.2 Å². The molecule has 1 aromatic carbocycles. The molecule has 0 saturated carbocycles. The summed E-state index contributed by atoms with van der Waals surface area (Å²) in [6, 6.07) is 9.14. The molecule has 1 fully saturated rings. The summed E-state index contributed by atoms with van der Waals surface area (Å²) in [4.78, 5) is 26.6. The number of piperidine rings is 1. The Hall–Kier alpha value is -2.83. The molecular weight excluding hydrogens is 320 g/mol. The van der Waals surface area contributed by atoms with Crippen LogP contribution in [0, 0.1) is 5.92 Å². The fourth-order valence-electron chi connectivity index (χ4n) is 3.57. The van der Waals surface area contributed by atoms with Crippen LogP contribution in [0.25, 0.3) is 11.1 Å². The third-order valence-electron chi connectivity index (χ3n) is 4.81. The number of aromatic amines is 1. The van der Waals surface area contributed by atoms with E-state index in [-0.39, 0.29) is 12.5 Å². The van der Waals surface area contributed by atoms with Gasteiger partial charge in [-0.2, -0.15) is 5.10 Å². The Labute approximate surface area is 144 Å². The van der Waals surface area contributed by atoms with Gasteiger partial charge in [0, 0.05) is 25.0 Å². The number of likely N-dealkylation sites (tertiary alicyclic amines) is 1. The van der Waals surface area contributed by atoms with Crippen molar-refractivity contribution in [1.29, 1.82) is 0 Å². The number of nitrogens with one attached hydrogen (secondary N) is 1. The van der Waals surface area contributed by atoms with Crippen LogP contribution < -0.4 is 5.76 Å². The number of rotatable bonds is 4. The van der Waals surface area contributed by atoms with E-state index in [9.17, 15) is 9.59 Å². The molecule has 1 N–H and O–H groups in total. The normalized spacial score (nSPS) is 17.9. The molecule has 0 radical (unpaired) electrons. The lowest BCUT2D eigenvalue weighted by molar-refractivity contribution is -0.133. The first kappa shape index (κ1) is 15.7. The van der Waals surface area contributed by atoms with Crippen molar-refractivity contribution in [1.82, 2.24) is 19.7 Å². The molecule has 1 atom stereocenters. The number of H-pyrrole nitrogens is 1. The lowest BCUT2D eigenvalue weighted by atomic mass is 9.93. The number of hydrogen-bond donors (Lipinski definition) is 1. The van der Waals surface area contributed by atoms with E-state index in [4.69, 9.17) is 4.42 Å². The van der Waals surface area contributed by atoms with E-state index >= 15 is 0 Å². The minimum Gasteiger partial charge on any atom is -0.408 e. The molecule has 130 valence electrons. The molecule has 1 unspecified atom stereocenters. The van der Waals surface area contributed by atoms with Crippen molar-refractivity contribution in [3.8, 4) is 0 Å². The number of aromatic nitrogens is 3. The maximum atomic E-state index is 12.7. The van der Waals surface area contributed by atoms with Gasteiger partial charge in [0.2, 0.25) is 5.91 Å². The van der Waals surface area contributed by atoms with Crippen LogP contribution in [0.4, 0.5) is 0 Å². The lowest BCUT2D eigenvalue weighted by Crippen LogP contribution is -2.42. The summed E-state index contributed by atoms with van der Waals surface area (Å²) < 4.78 is 6.62. The first-order valence-electron chi connectivity index (χ1n) is 8.55. The maximum absolute atomic E-state index is 12.7. The second-order valence-electron chi connectivity index (χ2n) is 6.56. The van der Waals surface area contributed by atoms with Crippen LogP contribution in [0.5, 0.6) is 0 Å². The molecule has 7 heteroatoms. The van der Waals surface area contributed by atoms with Crippen molar-refractivity contribution >= 4 is 17.0 Å². The SMILES string of the molecule is O=C(Cn1c(=O)oc2ccccc21)N1CCCC(Cc2ccn[nH]2)C1. The summed E-state index contributed by atoms with van der Waals surface area (Å²) in [6.45, 7) is 1.47. The van der Waals surface area contributed by atoms with Crippen LogP contribution in [-0.2, 0) is 17.8 Å². The second-order valence-corrected chi connectivity index (χ2v) is 6.56. The van der Waals surface area contributed by atoms with Crippen LogP contribution in [0.2, 0.25) is 0 Å². The first-order valence-corrected chi connectivity index (χ1v) is 8.55. The number of nitrogens with zero attached hydrogens (tertiary/aromatic N) is 3. The Morgan fingerprint density at radius 2 is 2.20 bits per heavy atom. The van der Waals surface area contributed by atoms with Crippen LogP contribution >= 0.6 is 0 Å². The Morgan fingerprint density at radius 3 is 3.04 bits per heavy atom. The third kappa shape index (κ3) is 3.22. The number of carbonyl (C=O) groups is 1. The summed E-state index contributed by atoms with van der Waals surface area (Å²) in [6.07, 6.45) is 4.71. The predicted molar refractivity (Wildman–Crippen MR) is 92.1 cm³/mol. The Morgan fingerprint density at radius 1 is 1.32 bits per heavy atom. The van der Waals surface area contributed by atoms with Crippen molar-refractivity contribution in [3.05, 3.63) is 52.8 Å². The standard InChI is InChI=1S/C18H20N4O3/c23-17(12-22-15-5-1-2-6-16(15)25-18(22)24)21-9-3-4-13(11-21)10-14-7-8-19-20-14/h1-2,5-8,13H,3-4,9-12H2,(H,19,20). The van der Waals surface area contributed by atoms with E-state index in [1.807, 2.05) is 23.1 Å². The van der Waals surface area contributed by atoms with Crippen LogP contribution in [0.1, 0.15) is 18.5 Å². The van der Waals surface area contributed by atoms with Gasteiger partial charge < -0.3 is 9.32 Å². The highest BCUT2D eigenvalue weighted by Crippen LogP contribution is 2.21. The van der Waals surface area contributed by atoms with Gasteiger partial charge in [0.05, 0.1) is 5.52 Å². The molecule has 1 amide bonds. The quantitative estimate of drug-likeness (QED) is 0.785. The van der Waals surface area contributed by atoms with Crippen LogP contribution in [0.3, 0.4) is 0 Å². The molecule has 0 bridgehead atoms. The highest BCUT2D eigenvalue weighted by atomic mass is 16.4. The molecule has 1 saturated heterocycles. The molecule has 1 aliphatic heterocycles. The van der Waals surface area contributed by atoms with E-state index in [0.29, 0.717) is 23.6 Å². The Balaban J connectivity index is 1.46. The summed E-state index contributed by atoms with van der Waals surface area (Å²) in [5, 5.41) is 6.96. The Bertz CT molecular complexity index is 925. The van der Waals surface area contributed by atoms with Crippen molar-refractivity contribution in [2.24, 2.45) is 5.92 Å². The number of amides is 1. The average molecular weight is 340 g/mol. The monoisotopic (exact) mass is 340 g/mol. The van der Waals surface area contributed by atoms with Gasteiger partial charge in [-0.15, -0.1) is 0 Å². The molecule has 3 aromatic rings. The van der Waals surface area contributed by atoms with E-state index < -0.39 is 5.76 Å². The first-order chi connectivity index (χ1) is 12.2. The molecular formula is C18H20N4O3. The fourth-order valence-corrected chi connectivity index (χ4v) is 3.57. The topological polar surface area (TPSA) is 84.1 Å². The molecule has 3 heterocycles. The summed E-state index contributed by atoms with van der Waals surface area (Å²) in [5.41, 5.74) is 2.26. The summed E-state index contributed by atoms with van der Waals surface area (Å²) >= 11 is 0. The van der Waals surface area contributed by atoms with E-state index in [1.54, 1.807) is 18.3 Å². The van der Waals surface area contributed by atoms with Gasteiger partial charge in [-0.05, 0) is 43.4 Å². The number of carbonyl (C=O) groups excluding carboxylic acids is 1. The van der Waals surface area contributed by atoms with E-state index in [0.717, 1.165) is 31.5 Å². The maximum Gasteiger partial charge on any atom is 0.420 e. The van der Waals surface area contributed by atoms with Gasteiger partial charge >= 0.3 is 5.76 Å². The van der Waals surface area contributed by atoms with Gasteiger partial charge in [0.1, 0.15) is 6.54 Å². The zero-order chi connectivity index (χ0) is 17.2. The molecule has 4 rings (SSSR count). The molecule has 0 spiro atoms. The molecule has 1 aliphatic rings. The van der Waals surface area contributed by atoms with E-state index in [1.165, 1.54) is 4.57 Å². The average Bonchev–Trinajstić information content (AvgIpc) is 3.23. The van der Waals surface area contributed by atoms with Crippen molar-refractivity contribution in [3.63, 3.8) is 0 Å². The zero-order valence-corrected chi connectivity index (χ0v) is 13.9. The number of para-hydroxylation sites is 2. The zero-order valence-electron chi connectivity index (χ0n) is 13.9. The largest absolute Gasteiger partial charge is 0.420 e. The van der Waals surface area contributed by atoms with Gasteiger partial charge in [-0.25, -0.2) is 4.79 Å². The number of fused-ring (bicyclic) bond motifs is 1. The predicted octanol–water partition coefficient (Wildman–Crippen LogP) is 1.80. The molecule has 7 nitrogen and oxygen atoms in total. The minimum absolute atomic E-state index is 0.0205. The summed E-state index contributed by atoms with van der Waals surface area (Å²) in [5.74, 6) is -0.112. The molecule has 0 aliphatic carbocycles. The van der Waals surface area contributed by atoms with Crippen LogP contribution in [-0.4, -0.2) is 38.7 Å². The summed E-state index contributed by atoms with van der Waals surface area (Å²) in [7, 11) is 0. The minimum atomic E-state index is -0.486. The van der Waals surface area contributed by atoms with Gasteiger partial charge in [0.25, 0.3) is 0 Å².